The molecule has 0 aliphatic rings. The number of carbonyl (C=O) groups excluding carboxylic acids is 1. The number of aryl methyl sites for hydroxylation is 1. The molecule has 5 nitrogen and oxygen atoms in total. The summed E-state index contributed by atoms with van der Waals surface area (Å²) in [6, 6.07) is 7.32. The minimum Gasteiger partial charge on any atom is -0.464 e. The van der Waals surface area contributed by atoms with Crippen molar-refractivity contribution in [3.05, 3.63) is 50.8 Å². The van der Waals surface area contributed by atoms with Crippen molar-refractivity contribution in [2.24, 2.45) is 0 Å². The molecule has 3 rings (SSSR count). The van der Waals surface area contributed by atoms with Gasteiger partial charge in [-0.15, -0.1) is 11.3 Å². The van der Waals surface area contributed by atoms with Crippen LogP contribution >= 0.6 is 22.9 Å². The molecule has 2 heterocycles. The van der Waals surface area contributed by atoms with Crippen molar-refractivity contribution in [1.82, 2.24) is 9.55 Å². The first-order chi connectivity index (χ1) is 12.8. The highest BCUT2D eigenvalue weighted by atomic mass is 35.5. The van der Waals surface area contributed by atoms with Crippen LogP contribution in [0.1, 0.15) is 33.5 Å². The topological polar surface area (TPSA) is 61.2 Å². The van der Waals surface area contributed by atoms with Crippen LogP contribution in [0.4, 0.5) is 0 Å². The van der Waals surface area contributed by atoms with Crippen molar-refractivity contribution < 1.29 is 9.53 Å². The molecule has 0 fully saturated rings. The molecule has 0 spiro atoms. The minimum atomic E-state index is -1.15. The van der Waals surface area contributed by atoms with E-state index in [1.54, 1.807) is 32.9 Å². The van der Waals surface area contributed by atoms with Gasteiger partial charge in [-0.2, -0.15) is 0 Å². The number of benzene rings is 1. The summed E-state index contributed by atoms with van der Waals surface area (Å²) < 4.78 is 6.67. The van der Waals surface area contributed by atoms with Crippen LogP contribution in [0.2, 0.25) is 5.02 Å². The van der Waals surface area contributed by atoms with Crippen molar-refractivity contribution in [1.29, 1.82) is 0 Å². The number of carbonyl (C=O) groups is 1. The number of hydrogen-bond acceptors (Lipinski definition) is 5. The highest BCUT2D eigenvalue weighted by Gasteiger charge is 2.35. The SMILES string of the molecule is CCOC(=O)C(C)(C)n1c(CC)nc2scc(-c3ccc(Cl)cc3)c2c1=O. The Kier molecular flexibility index (Phi) is 5.40. The second kappa shape index (κ2) is 7.44. The zero-order valence-electron chi connectivity index (χ0n) is 15.7. The van der Waals surface area contributed by atoms with E-state index in [0.717, 1.165) is 11.1 Å². The number of ether oxygens (including phenoxy) is 1. The third-order valence-corrected chi connectivity index (χ3v) is 5.61. The van der Waals surface area contributed by atoms with Crippen molar-refractivity contribution in [3.63, 3.8) is 0 Å². The van der Waals surface area contributed by atoms with Crippen LogP contribution in [0.15, 0.2) is 34.4 Å². The second-order valence-electron chi connectivity index (χ2n) is 6.64. The van der Waals surface area contributed by atoms with Gasteiger partial charge < -0.3 is 4.74 Å². The number of hydrogen-bond donors (Lipinski definition) is 0. The normalized spacial score (nSPS) is 11.7. The molecular weight excluding hydrogens is 384 g/mol. The summed E-state index contributed by atoms with van der Waals surface area (Å²) in [6.45, 7) is 7.29. The van der Waals surface area contributed by atoms with E-state index in [0.29, 0.717) is 27.5 Å². The van der Waals surface area contributed by atoms with Gasteiger partial charge >= 0.3 is 5.97 Å². The monoisotopic (exact) mass is 404 g/mol. The van der Waals surface area contributed by atoms with E-state index in [-0.39, 0.29) is 12.2 Å². The predicted molar refractivity (Wildman–Crippen MR) is 110 cm³/mol. The number of aromatic nitrogens is 2. The average Bonchev–Trinajstić information content (AvgIpc) is 3.06. The van der Waals surface area contributed by atoms with E-state index in [1.807, 2.05) is 24.4 Å². The summed E-state index contributed by atoms with van der Waals surface area (Å²) in [5.41, 5.74) is 0.286. The fourth-order valence-electron chi connectivity index (χ4n) is 3.09. The summed E-state index contributed by atoms with van der Waals surface area (Å²) in [7, 11) is 0. The van der Waals surface area contributed by atoms with Gasteiger partial charge in [-0.05, 0) is 38.5 Å². The quantitative estimate of drug-likeness (QED) is 0.581. The molecule has 0 saturated carbocycles. The number of thiophene rings is 1. The zero-order valence-corrected chi connectivity index (χ0v) is 17.3. The molecule has 7 heteroatoms. The lowest BCUT2D eigenvalue weighted by atomic mass is 10.0. The van der Waals surface area contributed by atoms with Crippen LogP contribution in [-0.4, -0.2) is 22.1 Å². The molecule has 0 amide bonds. The first-order valence-electron chi connectivity index (χ1n) is 8.78. The molecule has 142 valence electrons. The van der Waals surface area contributed by atoms with Crippen molar-refractivity contribution in [2.45, 2.75) is 39.7 Å². The number of nitrogens with zero attached hydrogens (tertiary/aromatic N) is 2. The molecule has 3 aromatic rings. The van der Waals surface area contributed by atoms with Crippen LogP contribution in [0, 0.1) is 0 Å². The standard InChI is InChI=1S/C20H21ClN2O3S/c1-5-15-22-17-16(14(11-27-17)12-7-9-13(21)10-8-12)18(24)23(15)20(3,4)19(25)26-6-2/h7-11H,5-6H2,1-4H3. The first kappa shape index (κ1) is 19.6. The molecule has 0 aliphatic heterocycles. The Morgan fingerprint density at radius 1 is 1.26 bits per heavy atom. The van der Waals surface area contributed by atoms with E-state index in [4.69, 9.17) is 16.3 Å². The van der Waals surface area contributed by atoms with Gasteiger partial charge in [-0.25, -0.2) is 9.78 Å². The average molecular weight is 405 g/mol. The lowest BCUT2D eigenvalue weighted by Gasteiger charge is -2.27. The number of esters is 1. The zero-order chi connectivity index (χ0) is 19.8. The van der Waals surface area contributed by atoms with Gasteiger partial charge in [0.1, 0.15) is 16.2 Å². The minimum absolute atomic E-state index is 0.235. The van der Waals surface area contributed by atoms with Gasteiger partial charge in [0.25, 0.3) is 5.56 Å². The maximum atomic E-state index is 13.5. The van der Waals surface area contributed by atoms with E-state index < -0.39 is 11.5 Å². The molecule has 27 heavy (non-hydrogen) atoms. The summed E-state index contributed by atoms with van der Waals surface area (Å²) in [5.74, 6) is 0.112. The highest BCUT2D eigenvalue weighted by Crippen LogP contribution is 2.32. The van der Waals surface area contributed by atoms with E-state index in [2.05, 4.69) is 4.98 Å². The molecule has 0 radical (unpaired) electrons. The summed E-state index contributed by atoms with van der Waals surface area (Å²) in [6.07, 6.45) is 0.530. The number of rotatable bonds is 5. The van der Waals surface area contributed by atoms with Crippen LogP contribution in [0.3, 0.4) is 0 Å². The molecular formula is C20H21ClN2O3S. The smallest absolute Gasteiger partial charge is 0.331 e. The second-order valence-corrected chi connectivity index (χ2v) is 7.93. The maximum Gasteiger partial charge on any atom is 0.331 e. The molecule has 0 unspecified atom stereocenters. The summed E-state index contributed by atoms with van der Waals surface area (Å²) in [5, 5.41) is 3.06. The summed E-state index contributed by atoms with van der Waals surface area (Å²) in [4.78, 5) is 31.4. The third-order valence-electron chi connectivity index (χ3n) is 4.48. The lowest BCUT2D eigenvalue weighted by molar-refractivity contribution is -0.152. The van der Waals surface area contributed by atoms with Crippen LogP contribution < -0.4 is 5.56 Å². The van der Waals surface area contributed by atoms with Crippen LogP contribution in [0.25, 0.3) is 21.3 Å². The fraction of sp³-hybridized carbons (Fsp3) is 0.350. The van der Waals surface area contributed by atoms with Gasteiger partial charge in [-0.1, -0.05) is 30.7 Å². The first-order valence-corrected chi connectivity index (χ1v) is 10.0. The van der Waals surface area contributed by atoms with Crippen molar-refractivity contribution in [2.75, 3.05) is 6.61 Å². The Balaban J connectivity index is 2.30. The molecule has 0 atom stereocenters. The Bertz CT molecular complexity index is 1050. The molecule has 0 aliphatic carbocycles. The molecule has 0 saturated heterocycles. The van der Waals surface area contributed by atoms with Crippen molar-refractivity contribution in [3.8, 4) is 11.1 Å². The van der Waals surface area contributed by atoms with Gasteiger partial charge in [-0.3, -0.25) is 9.36 Å². The van der Waals surface area contributed by atoms with Crippen LogP contribution in [0.5, 0.6) is 0 Å². The van der Waals surface area contributed by atoms with E-state index >= 15 is 0 Å². The van der Waals surface area contributed by atoms with Gasteiger partial charge in [0.2, 0.25) is 0 Å². The van der Waals surface area contributed by atoms with Gasteiger partial charge in [0, 0.05) is 22.4 Å². The molecule has 1 aromatic carbocycles. The lowest BCUT2D eigenvalue weighted by Crippen LogP contribution is -2.45. The highest BCUT2D eigenvalue weighted by molar-refractivity contribution is 7.17. The molecule has 0 bridgehead atoms. The van der Waals surface area contributed by atoms with E-state index in [9.17, 15) is 9.59 Å². The van der Waals surface area contributed by atoms with Gasteiger partial charge in [0.05, 0.1) is 12.0 Å². The fourth-order valence-corrected chi connectivity index (χ4v) is 4.17. The third kappa shape index (κ3) is 3.39. The molecule has 0 N–H and O–H groups in total. The largest absolute Gasteiger partial charge is 0.464 e. The van der Waals surface area contributed by atoms with Crippen molar-refractivity contribution >= 4 is 39.1 Å². The van der Waals surface area contributed by atoms with Crippen LogP contribution in [-0.2, 0) is 21.5 Å². The Morgan fingerprint density at radius 3 is 2.52 bits per heavy atom. The number of fused-ring (bicyclic) bond motifs is 1. The Morgan fingerprint density at radius 2 is 1.93 bits per heavy atom. The number of halogens is 1. The van der Waals surface area contributed by atoms with Gasteiger partial charge in [0.15, 0.2) is 0 Å². The Hall–Kier alpha value is -2.18. The maximum absolute atomic E-state index is 13.5. The Labute approximate surface area is 166 Å². The summed E-state index contributed by atoms with van der Waals surface area (Å²) >= 11 is 7.41. The van der Waals surface area contributed by atoms with E-state index in [1.165, 1.54) is 15.9 Å². The molecule has 2 aromatic heterocycles. The predicted octanol–water partition coefficient (Wildman–Crippen LogP) is 4.64.